The van der Waals surface area contributed by atoms with E-state index in [2.05, 4.69) is 6.07 Å². The summed E-state index contributed by atoms with van der Waals surface area (Å²) in [5.41, 5.74) is 2.15. The fraction of sp³-hybridized carbons (Fsp3) is 0.348. The molecule has 0 unspecified atom stereocenters. The third-order valence-electron chi connectivity index (χ3n) is 4.87. The molecule has 5 nitrogen and oxygen atoms in total. The number of hydrogen-bond donors (Lipinski definition) is 0. The van der Waals surface area contributed by atoms with Crippen LogP contribution in [0.2, 0.25) is 0 Å². The second kappa shape index (κ2) is 10.7. The van der Waals surface area contributed by atoms with Gasteiger partial charge in [0, 0.05) is 23.7 Å². The zero-order chi connectivity index (χ0) is 20.5. The second-order valence-electron chi connectivity index (χ2n) is 6.96. The van der Waals surface area contributed by atoms with Gasteiger partial charge >= 0.3 is 5.97 Å². The van der Waals surface area contributed by atoms with E-state index in [1.807, 2.05) is 24.3 Å². The van der Waals surface area contributed by atoms with Gasteiger partial charge in [-0.3, -0.25) is 4.79 Å². The molecule has 1 aliphatic rings. The first kappa shape index (κ1) is 20.9. The number of thioether (sulfide) groups is 1. The summed E-state index contributed by atoms with van der Waals surface area (Å²) in [4.78, 5) is 27.5. The minimum Gasteiger partial charge on any atom is -0.452 e. The summed E-state index contributed by atoms with van der Waals surface area (Å²) in [5.74, 6) is 0.0713. The van der Waals surface area contributed by atoms with Gasteiger partial charge in [-0.25, -0.2) is 4.79 Å². The number of carbonyl (C=O) groups is 2. The van der Waals surface area contributed by atoms with E-state index in [9.17, 15) is 9.59 Å². The lowest BCUT2D eigenvalue weighted by Crippen LogP contribution is -2.35. The van der Waals surface area contributed by atoms with Gasteiger partial charge < -0.3 is 9.64 Å². The van der Waals surface area contributed by atoms with E-state index in [0.717, 1.165) is 49.2 Å². The highest BCUT2D eigenvalue weighted by atomic mass is 32.2. The quantitative estimate of drug-likeness (QED) is 0.523. The highest BCUT2D eigenvalue weighted by Gasteiger charge is 2.19. The van der Waals surface area contributed by atoms with Crippen LogP contribution in [0.3, 0.4) is 0 Å². The molecule has 0 spiro atoms. The lowest BCUT2D eigenvalue weighted by molar-refractivity contribution is -0.134. The van der Waals surface area contributed by atoms with Crippen molar-refractivity contribution in [1.82, 2.24) is 4.90 Å². The summed E-state index contributed by atoms with van der Waals surface area (Å²) in [6, 6.07) is 16.8. The molecule has 1 amide bonds. The van der Waals surface area contributed by atoms with Crippen LogP contribution in [0.25, 0.3) is 0 Å². The molecule has 1 saturated heterocycles. The fourth-order valence-electron chi connectivity index (χ4n) is 3.21. The van der Waals surface area contributed by atoms with Crippen molar-refractivity contribution in [2.24, 2.45) is 0 Å². The molecule has 0 atom stereocenters. The van der Waals surface area contributed by atoms with Gasteiger partial charge in [-0.15, -0.1) is 11.8 Å². The Balaban J connectivity index is 1.57. The zero-order valence-electron chi connectivity index (χ0n) is 16.3. The predicted octanol–water partition coefficient (Wildman–Crippen LogP) is 4.41. The van der Waals surface area contributed by atoms with Crippen LogP contribution in [0.5, 0.6) is 0 Å². The first-order valence-electron chi connectivity index (χ1n) is 9.83. The number of nitriles is 1. The molecular weight excluding hydrogens is 384 g/mol. The molecule has 1 aliphatic heterocycles. The van der Waals surface area contributed by atoms with E-state index < -0.39 is 5.97 Å². The topological polar surface area (TPSA) is 70.4 Å². The number of amides is 1. The van der Waals surface area contributed by atoms with E-state index >= 15 is 0 Å². The van der Waals surface area contributed by atoms with Crippen LogP contribution in [0.4, 0.5) is 0 Å². The van der Waals surface area contributed by atoms with Crippen LogP contribution in [-0.2, 0) is 15.3 Å². The van der Waals surface area contributed by atoms with Crippen LogP contribution < -0.4 is 0 Å². The van der Waals surface area contributed by atoms with Gasteiger partial charge in [-0.05, 0) is 42.7 Å². The number of carbonyl (C=O) groups excluding carboxylic acids is 2. The molecule has 0 radical (unpaired) electrons. The maximum Gasteiger partial charge on any atom is 0.339 e. The summed E-state index contributed by atoms with van der Waals surface area (Å²) in [5, 5.41) is 8.89. The summed E-state index contributed by atoms with van der Waals surface area (Å²) in [6.07, 6.45) is 4.31. The van der Waals surface area contributed by atoms with Gasteiger partial charge in [0.2, 0.25) is 0 Å². The molecule has 0 N–H and O–H groups in total. The first-order valence-corrected chi connectivity index (χ1v) is 10.8. The average Bonchev–Trinajstić information content (AvgIpc) is 3.06. The summed E-state index contributed by atoms with van der Waals surface area (Å²) >= 11 is 1.53. The third-order valence-corrected chi connectivity index (χ3v) is 6.01. The number of rotatable bonds is 6. The Morgan fingerprint density at radius 3 is 2.38 bits per heavy atom. The predicted molar refractivity (Wildman–Crippen MR) is 112 cm³/mol. The van der Waals surface area contributed by atoms with Gasteiger partial charge in [0.25, 0.3) is 5.91 Å². The fourth-order valence-corrected chi connectivity index (χ4v) is 4.21. The SMILES string of the molecule is N#Cc1ccc(CSc2ccccc2C(=O)OCC(=O)N2CCCCCC2)cc1. The molecule has 0 aliphatic carbocycles. The summed E-state index contributed by atoms with van der Waals surface area (Å²) < 4.78 is 5.33. The van der Waals surface area contributed by atoms with E-state index in [1.54, 1.807) is 29.2 Å². The Labute approximate surface area is 175 Å². The van der Waals surface area contributed by atoms with Crippen LogP contribution in [0.1, 0.15) is 47.2 Å². The van der Waals surface area contributed by atoms with Crippen LogP contribution in [0.15, 0.2) is 53.4 Å². The van der Waals surface area contributed by atoms with E-state index in [0.29, 0.717) is 16.9 Å². The van der Waals surface area contributed by atoms with Crippen LogP contribution in [0, 0.1) is 11.3 Å². The molecule has 29 heavy (non-hydrogen) atoms. The van der Waals surface area contributed by atoms with Crippen molar-refractivity contribution in [2.75, 3.05) is 19.7 Å². The molecule has 0 saturated carbocycles. The van der Waals surface area contributed by atoms with Gasteiger partial charge in [0.15, 0.2) is 6.61 Å². The molecule has 1 fully saturated rings. The lowest BCUT2D eigenvalue weighted by Gasteiger charge is -2.20. The molecule has 2 aromatic rings. The summed E-state index contributed by atoms with van der Waals surface area (Å²) in [6.45, 7) is 1.27. The van der Waals surface area contributed by atoms with E-state index in [-0.39, 0.29) is 12.5 Å². The normalized spacial score (nSPS) is 14.0. The van der Waals surface area contributed by atoms with E-state index in [4.69, 9.17) is 10.00 Å². The number of hydrogen-bond acceptors (Lipinski definition) is 5. The molecule has 150 valence electrons. The maximum absolute atomic E-state index is 12.6. The van der Waals surface area contributed by atoms with Crippen molar-refractivity contribution in [1.29, 1.82) is 5.26 Å². The minimum atomic E-state index is -0.476. The highest BCUT2D eigenvalue weighted by Crippen LogP contribution is 2.27. The Morgan fingerprint density at radius 2 is 1.69 bits per heavy atom. The zero-order valence-corrected chi connectivity index (χ0v) is 17.1. The van der Waals surface area contributed by atoms with Gasteiger partial charge in [0.1, 0.15) is 0 Å². The van der Waals surface area contributed by atoms with Crippen molar-refractivity contribution >= 4 is 23.6 Å². The number of nitrogens with zero attached hydrogens (tertiary/aromatic N) is 2. The van der Waals surface area contributed by atoms with Crippen molar-refractivity contribution in [2.45, 2.75) is 36.3 Å². The average molecular weight is 409 g/mol. The number of ether oxygens (including phenoxy) is 1. The highest BCUT2D eigenvalue weighted by molar-refractivity contribution is 7.98. The first-order chi connectivity index (χ1) is 14.2. The Bertz CT molecular complexity index is 882. The molecule has 0 bridgehead atoms. The Hall–Kier alpha value is -2.78. The second-order valence-corrected chi connectivity index (χ2v) is 7.98. The molecular formula is C23H24N2O3S. The van der Waals surface area contributed by atoms with Gasteiger partial charge in [-0.1, -0.05) is 37.1 Å². The van der Waals surface area contributed by atoms with Crippen LogP contribution >= 0.6 is 11.8 Å². The van der Waals surface area contributed by atoms with E-state index in [1.165, 1.54) is 11.8 Å². The number of esters is 1. The Morgan fingerprint density at radius 1 is 1.00 bits per heavy atom. The van der Waals surface area contributed by atoms with Crippen molar-refractivity contribution in [3.05, 3.63) is 65.2 Å². The van der Waals surface area contributed by atoms with Crippen molar-refractivity contribution < 1.29 is 14.3 Å². The molecule has 2 aromatic carbocycles. The summed E-state index contributed by atoms with van der Waals surface area (Å²) in [7, 11) is 0. The van der Waals surface area contributed by atoms with Gasteiger partial charge in [-0.2, -0.15) is 5.26 Å². The lowest BCUT2D eigenvalue weighted by atomic mass is 10.2. The number of likely N-dealkylation sites (tertiary alicyclic amines) is 1. The van der Waals surface area contributed by atoms with Crippen molar-refractivity contribution in [3.63, 3.8) is 0 Å². The molecule has 0 aromatic heterocycles. The maximum atomic E-state index is 12.6. The third kappa shape index (κ3) is 6.10. The monoisotopic (exact) mass is 408 g/mol. The largest absolute Gasteiger partial charge is 0.452 e. The standard InChI is InChI=1S/C23H24N2O3S/c24-15-18-9-11-19(12-10-18)17-29-21-8-4-3-7-20(21)23(27)28-16-22(26)25-13-5-1-2-6-14-25/h3-4,7-12H,1-2,5-6,13-14,16-17H2. The smallest absolute Gasteiger partial charge is 0.339 e. The number of benzene rings is 2. The van der Waals surface area contributed by atoms with Crippen molar-refractivity contribution in [3.8, 4) is 6.07 Å². The van der Waals surface area contributed by atoms with Gasteiger partial charge in [0.05, 0.1) is 17.2 Å². The molecule has 1 heterocycles. The van der Waals surface area contributed by atoms with Crippen LogP contribution in [-0.4, -0.2) is 36.5 Å². The molecule has 6 heteroatoms. The minimum absolute atomic E-state index is 0.122. The molecule has 3 rings (SSSR count). The Kier molecular flexibility index (Phi) is 7.71.